The minimum absolute atomic E-state index is 0. The van der Waals surface area contributed by atoms with Gasteiger partial charge in [-0.2, -0.15) is 0 Å². The van der Waals surface area contributed by atoms with Crippen LogP contribution >= 0.6 is 12.4 Å². The molecule has 0 unspecified atom stereocenters. The number of rotatable bonds is 7. The normalized spacial score (nSPS) is 17.1. The molecule has 0 bridgehead atoms. The zero-order valence-electron chi connectivity index (χ0n) is 18.0. The highest BCUT2D eigenvalue weighted by molar-refractivity contribution is 5.93. The van der Waals surface area contributed by atoms with E-state index in [1.807, 2.05) is 49.9 Å². The molecule has 2 fully saturated rings. The van der Waals surface area contributed by atoms with Crippen molar-refractivity contribution in [2.45, 2.75) is 58.6 Å². The Hall–Kier alpha value is -2.12. The Morgan fingerprint density at radius 3 is 2.43 bits per heavy atom. The van der Waals surface area contributed by atoms with Crippen molar-refractivity contribution >= 4 is 18.3 Å². The van der Waals surface area contributed by atoms with Gasteiger partial charge in [0.1, 0.15) is 5.75 Å². The summed E-state index contributed by atoms with van der Waals surface area (Å²) in [6.45, 7) is 8.57. The number of likely N-dealkylation sites (tertiary alicyclic amines) is 1. The van der Waals surface area contributed by atoms with Crippen molar-refractivity contribution in [2.24, 2.45) is 5.92 Å². The first-order valence-corrected chi connectivity index (χ1v) is 10.7. The highest BCUT2D eigenvalue weighted by Crippen LogP contribution is 2.28. The lowest BCUT2D eigenvalue weighted by atomic mass is 10.0. The number of piperidine rings is 1. The smallest absolute Gasteiger partial charge is 0.276 e. The molecule has 1 amide bonds. The van der Waals surface area contributed by atoms with Crippen LogP contribution in [-0.2, 0) is 0 Å². The second kappa shape index (κ2) is 9.79. The highest BCUT2D eigenvalue weighted by Gasteiger charge is 2.28. The van der Waals surface area contributed by atoms with Gasteiger partial charge in [0.05, 0.1) is 17.5 Å². The second-order valence-electron chi connectivity index (χ2n) is 8.51. The van der Waals surface area contributed by atoms with E-state index in [0.717, 1.165) is 55.5 Å². The Bertz CT molecular complexity index is 840. The summed E-state index contributed by atoms with van der Waals surface area (Å²) in [5.41, 5.74) is 2.08. The second-order valence-corrected chi connectivity index (χ2v) is 8.51. The van der Waals surface area contributed by atoms with Gasteiger partial charge in [0.15, 0.2) is 5.69 Å². The minimum Gasteiger partial charge on any atom is -0.491 e. The van der Waals surface area contributed by atoms with Crippen molar-refractivity contribution in [2.75, 3.05) is 19.6 Å². The molecule has 1 saturated heterocycles. The van der Waals surface area contributed by atoms with Gasteiger partial charge in [-0.25, -0.2) is 4.68 Å². The molecular weight excluding hydrogens is 402 g/mol. The molecule has 164 valence electrons. The molecule has 0 atom stereocenters. The van der Waals surface area contributed by atoms with Crippen LogP contribution in [0.5, 0.6) is 5.75 Å². The molecule has 1 saturated carbocycles. The lowest BCUT2D eigenvalue weighted by Crippen LogP contribution is -2.45. The van der Waals surface area contributed by atoms with Crippen LogP contribution in [0.15, 0.2) is 24.3 Å². The van der Waals surface area contributed by atoms with E-state index in [2.05, 4.69) is 15.6 Å². The van der Waals surface area contributed by atoms with Crippen molar-refractivity contribution in [1.82, 2.24) is 25.2 Å². The maximum Gasteiger partial charge on any atom is 0.276 e. The molecule has 30 heavy (non-hydrogen) atoms. The minimum atomic E-state index is -0.0193. The quantitative estimate of drug-likeness (QED) is 0.724. The molecule has 0 radical (unpaired) electrons. The van der Waals surface area contributed by atoms with Gasteiger partial charge in [0.2, 0.25) is 0 Å². The van der Waals surface area contributed by atoms with E-state index in [0.29, 0.717) is 11.7 Å². The predicted molar refractivity (Wildman–Crippen MR) is 119 cm³/mol. The Labute approximate surface area is 184 Å². The number of nitrogens with zero attached hydrogens (tertiary/aromatic N) is 4. The van der Waals surface area contributed by atoms with E-state index in [-0.39, 0.29) is 24.4 Å². The van der Waals surface area contributed by atoms with Crippen LogP contribution in [0.25, 0.3) is 5.69 Å². The maximum atomic E-state index is 13.0. The predicted octanol–water partition coefficient (Wildman–Crippen LogP) is 3.39. The number of hydrogen-bond acceptors (Lipinski definition) is 5. The van der Waals surface area contributed by atoms with Gasteiger partial charge in [-0.05, 0) is 83.2 Å². The number of amides is 1. The van der Waals surface area contributed by atoms with Gasteiger partial charge in [-0.15, -0.1) is 17.5 Å². The van der Waals surface area contributed by atoms with E-state index in [9.17, 15) is 4.79 Å². The average Bonchev–Trinajstić information content (AvgIpc) is 3.47. The van der Waals surface area contributed by atoms with Crippen LogP contribution < -0.4 is 10.1 Å². The number of hydrogen-bond donors (Lipinski definition) is 1. The topological polar surface area (TPSA) is 72.3 Å². The lowest BCUT2D eigenvalue weighted by molar-refractivity contribution is 0.0698. The number of carbonyl (C=O) groups is 1. The van der Waals surface area contributed by atoms with Crippen molar-refractivity contribution < 1.29 is 9.53 Å². The van der Waals surface area contributed by atoms with Crippen molar-refractivity contribution in [1.29, 1.82) is 0 Å². The fourth-order valence-corrected chi connectivity index (χ4v) is 3.80. The maximum absolute atomic E-state index is 13.0. The first kappa shape index (κ1) is 22.6. The summed E-state index contributed by atoms with van der Waals surface area (Å²) in [5.74, 6) is 1.68. The van der Waals surface area contributed by atoms with Gasteiger partial charge in [0, 0.05) is 19.1 Å². The van der Waals surface area contributed by atoms with Crippen molar-refractivity contribution in [3.05, 3.63) is 35.7 Å². The molecule has 0 spiro atoms. The Kier molecular flexibility index (Phi) is 7.36. The third-order valence-electron chi connectivity index (χ3n) is 5.72. The summed E-state index contributed by atoms with van der Waals surface area (Å²) < 4.78 is 7.41. The Morgan fingerprint density at radius 1 is 1.17 bits per heavy atom. The zero-order valence-corrected chi connectivity index (χ0v) is 18.8. The fraction of sp³-hybridized carbons (Fsp3) is 0.591. The van der Waals surface area contributed by atoms with E-state index >= 15 is 0 Å². The standard InChI is InChI=1S/C22H31N5O2.ClH/c1-15(2)29-20-8-6-19(7-9-20)27-16(3)21(24-25-27)22(28)26-12-10-18(11-13-26)23-14-17-4-5-17;/h6-9,15,17-18,23H,4-5,10-14H2,1-3H3;1H. The lowest BCUT2D eigenvalue weighted by Gasteiger charge is -2.32. The van der Waals surface area contributed by atoms with Crippen molar-refractivity contribution in [3.63, 3.8) is 0 Å². The largest absolute Gasteiger partial charge is 0.491 e. The summed E-state index contributed by atoms with van der Waals surface area (Å²) >= 11 is 0. The zero-order chi connectivity index (χ0) is 20.4. The molecule has 2 aliphatic rings. The molecule has 1 aromatic carbocycles. The monoisotopic (exact) mass is 433 g/mol. The van der Waals surface area contributed by atoms with Gasteiger partial charge in [-0.1, -0.05) is 5.21 Å². The summed E-state index contributed by atoms with van der Waals surface area (Å²) in [6.07, 6.45) is 4.87. The molecule has 2 aromatic rings. The highest BCUT2D eigenvalue weighted by atomic mass is 35.5. The number of halogens is 1. The molecule has 7 nitrogen and oxygen atoms in total. The molecule has 1 aliphatic heterocycles. The van der Waals surface area contributed by atoms with Crippen LogP contribution in [0.1, 0.15) is 55.7 Å². The Morgan fingerprint density at radius 2 is 1.83 bits per heavy atom. The average molecular weight is 434 g/mol. The van der Waals surface area contributed by atoms with E-state index in [4.69, 9.17) is 4.74 Å². The first-order valence-electron chi connectivity index (χ1n) is 10.7. The number of nitrogens with one attached hydrogen (secondary N) is 1. The third-order valence-corrected chi connectivity index (χ3v) is 5.72. The molecule has 1 aromatic heterocycles. The molecule has 1 N–H and O–H groups in total. The molecule has 1 aliphatic carbocycles. The summed E-state index contributed by atoms with van der Waals surface area (Å²) in [6, 6.07) is 8.23. The molecule has 8 heteroatoms. The fourth-order valence-electron chi connectivity index (χ4n) is 3.80. The number of aromatic nitrogens is 3. The van der Waals surface area contributed by atoms with Gasteiger partial charge in [0.25, 0.3) is 5.91 Å². The van der Waals surface area contributed by atoms with Crippen molar-refractivity contribution in [3.8, 4) is 11.4 Å². The van der Waals surface area contributed by atoms with Crippen LogP contribution in [0.2, 0.25) is 0 Å². The van der Waals surface area contributed by atoms with Gasteiger partial charge < -0.3 is 15.0 Å². The third kappa shape index (κ3) is 5.32. The molecule has 4 rings (SSSR count). The Balaban J connectivity index is 0.00000256. The summed E-state index contributed by atoms with van der Waals surface area (Å²) in [5, 5.41) is 12.1. The molecule has 2 heterocycles. The SMILES string of the molecule is Cc1c(C(=O)N2CCC(NCC3CC3)CC2)nnn1-c1ccc(OC(C)C)cc1.Cl. The van der Waals surface area contributed by atoms with E-state index in [1.54, 1.807) is 4.68 Å². The molecular formula is C22H32ClN5O2. The van der Waals surface area contributed by atoms with Crippen LogP contribution in [-0.4, -0.2) is 57.6 Å². The summed E-state index contributed by atoms with van der Waals surface area (Å²) in [7, 11) is 0. The summed E-state index contributed by atoms with van der Waals surface area (Å²) in [4.78, 5) is 14.9. The number of carbonyl (C=O) groups excluding carboxylic acids is 1. The number of ether oxygens (including phenoxy) is 1. The number of benzene rings is 1. The van der Waals surface area contributed by atoms with Crippen LogP contribution in [0, 0.1) is 12.8 Å². The van der Waals surface area contributed by atoms with Gasteiger partial charge >= 0.3 is 0 Å². The van der Waals surface area contributed by atoms with E-state index < -0.39 is 0 Å². The van der Waals surface area contributed by atoms with Crippen LogP contribution in [0.3, 0.4) is 0 Å². The van der Waals surface area contributed by atoms with Crippen LogP contribution in [0.4, 0.5) is 0 Å². The van der Waals surface area contributed by atoms with E-state index in [1.165, 1.54) is 12.8 Å². The first-order chi connectivity index (χ1) is 14.0. The van der Waals surface area contributed by atoms with Gasteiger partial charge in [-0.3, -0.25) is 4.79 Å².